The molecule has 8 aromatic rings. The quantitative estimate of drug-likeness (QED) is 0.196. The Hall–Kier alpha value is -4.60. The normalized spacial score (nSPS) is 11.0. The summed E-state index contributed by atoms with van der Waals surface area (Å²) in [6, 6.07) is 38.9. The maximum atomic E-state index is 4.95. The highest BCUT2D eigenvalue weighted by molar-refractivity contribution is 7.26. The third-order valence-corrected chi connectivity index (χ3v) is 8.55. The Morgan fingerprint density at radius 1 is 0.524 bits per heavy atom. The van der Waals surface area contributed by atoms with Gasteiger partial charge in [0.1, 0.15) is 0 Å². The van der Waals surface area contributed by atoms with Gasteiger partial charge in [0.25, 0.3) is 0 Å². The van der Waals surface area contributed by atoms with E-state index in [0.717, 1.165) is 22.5 Å². The minimum Gasteiger partial charge on any atom is -0.256 e. The van der Waals surface area contributed by atoms with Crippen LogP contribution >= 0.6 is 11.3 Å². The van der Waals surface area contributed by atoms with Crippen LogP contribution in [0.15, 0.2) is 122 Å². The molecule has 0 unspecified atom stereocenters. The number of pyridine rings is 2. The van der Waals surface area contributed by atoms with Crippen molar-refractivity contribution in [3.05, 3.63) is 122 Å². The van der Waals surface area contributed by atoms with Gasteiger partial charge in [-0.15, -0.1) is 11.3 Å². The van der Waals surface area contributed by atoms with Crippen molar-refractivity contribution in [3.63, 3.8) is 0 Å². The lowest BCUT2D eigenvalue weighted by Gasteiger charge is -2.12. The van der Waals surface area contributed by atoms with Crippen molar-refractivity contribution in [2.45, 2.75) is 34.1 Å². The second kappa shape index (κ2) is 12.1. The molecule has 8 rings (SSSR count). The van der Waals surface area contributed by atoms with Gasteiger partial charge < -0.3 is 0 Å². The highest BCUT2D eigenvalue weighted by Crippen LogP contribution is 2.40. The summed E-state index contributed by atoms with van der Waals surface area (Å²) in [4.78, 5) is 9.77. The fourth-order valence-corrected chi connectivity index (χ4v) is 6.85. The number of benzene rings is 5. The molecule has 0 saturated carbocycles. The Kier molecular flexibility index (Phi) is 7.94. The topological polar surface area (TPSA) is 25.8 Å². The van der Waals surface area contributed by atoms with E-state index in [-0.39, 0.29) is 0 Å². The smallest absolute Gasteiger partial charge is 0.0880 e. The van der Waals surface area contributed by atoms with Crippen molar-refractivity contribution in [1.29, 1.82) is 0 Å². The molecule has 5 aromatic carbocycles. The van der Waals surface area contributed by atoms with Crippen molar-refractivity contribution in [2.24, 2.45) is 0 Å². The number of hydrogen-bond donors (Lipinski definition) is 0. The van der Waals surface area contributed by atoms with E-state index < -0.39 is 0 Å². The summed E-state index contributed by atoms with van der Waals surface area (Å²) in [5, 5.41) is 10.0. The van der Waals surface area contributed by atoms with Gasteiger partial charge in [0, 0.05) is 44.4 Å². The van der Waals surface area contributed by atoms with Gasteiger partial charge in [0.05, 0.1) is 16.1 Å². The number of hydrogen-bond acceptors (Lipinski definition) is 3. The van der Waals surface area contributed by atoms with Crippen LogP contribution in [0.4, 0.5) is 0 Å². The highest BCUT2D eigenvalue weighted by atomic mass is 32.1. The first-order chi connectivity index (χ1) is 20.8. The summed E-state index contributed by atoms with van der Waals surface area (Å²) < 4.78 is 2.52. The van der Waals surface area contributed by atoms with Gasteiger partial charge in [0.15, 0.2) is 0 Å². The molecule has 0 aliphatic rings. The Morgan fingerprint density at radius 2 is 1.10 bits per heavy atom. The largest absolute Gasteiger partial charge is 0.256 e. The zero-order valence-corrected chi connectivity index (χ0v) is 25.4. The second-order valence-electron chi connectivity index (χ2n) is 10.1. The molecule has 0 amide bonds. The van der Waals surface area contributed by atoms with Crippen molar-refractivity contribution in [3.8, 4) is 22.5 Å². The lowest BCUT2D eigenvalue weighted by molar-refractivity contribution is 1.09. The summed E-state index contributed by atoms with van der Waals surface area (Å²) in [5.41, 5.74) is 4.20. The molecule has 42 heavy (non-hydrogen) atoms. The van der Waals surface area contributed by atoms with Gasteiger partial charge in [-0.3, -0.25) is 9.97 Å². The Labute approximate surface area is 251 Å². The third kappa shape index (κ3) is 4.80. The number of aromatic nitrogens is 2. The molecule has 3 heterocycles. The standard InChI is InChI=1S/C34H20N2S.C3H8.C2H6/c1-3-12-25-23(10-1)24-11-2-4-13-26(24)30-20-36-31(19-29(25)30)21-8-7-9-22(18-21)33-34-28(16-17-35-33)27-14-5-6-15-32(27)37-34;1-3-2;1-2/h1-20H;3H2,1-2H3;1-2H3. The van der Waals surface area contributed by atoms with E-state index in [1.165, 1.54) is 58.9 Å². The lowest BCUT2D eigenvalue weighted by atomic mass is 9.94. The van der Waals surface area contributed by atoms with Crippen LogP contribution < -0.4 is 0 Å². The van der Waals surface area contributed by atoms with E-state index >= 15 is 0 Å². The van der Waals surface area contributed by atoms with E-state index in [0.29, 0.717) is 0 Å². The maximum Gasteiger partial charge on any atom is 0.0880 e. The molecule has 3 heteroatoms. The van der Waals surface area contributed by atoms with Crippen molar-refractivity contribution < 1.29 is 0 Å². The summed E-state index contributed by atoms with van der Waals surface area (Å²) in [5.74, 6) is 0. The summed E-state index contributed by atoms with van der Waals surface area (Å²) in [6.45, 7) is 8.25. The minimum atomic E-state index is 0.971. The number of thiophene rings is 1. The van der Waals surface area contributed by atoms with E-state index in [2.05, 4.69) is 123 Å². The van der Waals surface area contributed by atoms with Crippen LogP contribution in [0.1, 0.15) is 34.1 Å². The van der Waals surface area contributed by atoms with Crippen LogP contribution in [0.25, 0.3) is 75.0 Å². The van der Waals surface area contributed by atoms with Crippen molar-refractivity contribution in [2.75, 3.05) is 0 Å². The van der Waals surface area contributed by atoms with Gasteiger partial charge in [-0.2, -0.15) is 0 Å². The average Bonchev–Trinajstić information content (AvgIpc) is 3.45. The summed E-state index contributed by atoms with van der Waals surface area (Å²) >= 11 is 1.81. The highest BCUT2D eigenvalue weighted by Gasteiger charge is 2.14. The molecule has 0 fully saturated rings. The van der Waals surface area contributed by atoms with Crippen LogP contribution in [0.2, 0.25) is 0 Å². The van der Waals surface area contributed by atoms with Gasteiger partial charge in [-0.05, 0) is 51.2 Å². The van der Waals surface area contributed by atoms with Crippen LogP contribution in [-0.4, -0.2) is 9.97 Å². The molecule has 0 aliphatic carbocycles. The molecule has 2 nitrogen and oxygen atoms in total. The fraction of sp³-hybridized carbons (Fsp3) is 0.128. The van der Waals surface area contributed by atoms with Crippen molar-refractivity contribution >= 4 is 63.8 Å². The van der Waals surface area contributed by atoms with Crippen LogP contribution in [-0.2, 0) is 0 Å². The molecule has 3 aromatic heterocycles. The Balaban J connectivity index is 0.000000596. The van der Waals surface area contributed by atoms with Crippen LogP contribution in [0, 0.1) is 0 Å². The number of nitrogens with zero attached hydrogens (tertiary/aromatic N) is 2. The lowest BCUT2D eigenvalue weighted by Crippen LogP contribution is -1.89. The predicted molar refractivity (Wildman–Crippen MR) is 186 cm³/mol. The molecule has 0 aliphatic heterocycles. The van der Waals surface area contributed by atoms with E-state index in [4.69, 9.17) is 9.97 Å². The SMILES string of the molecule is CC.CCC.c1cc(-c2cc3c4ccccc4c4ccccc4c3cn2)cc(-c2nccc3c2sc2ccccc23)c1. The predicted octanol–water partition coefficient (Wildman–Crippen LogP) is 12.1. The first-order valence-electron chi connectivity index (χ1n) is 14.8. The second-order valence-corrected chi connectivity index (χ2v) is 11.2. The molecular formula is C39H34N2S. The molecule has 0 radical (unpaired) electrons. The molecule has 0 bridgehead atoms. The van der Waals surface area contributed by atoms with Crippen LogP contribution in [0.5, 0.6) is 0 Å². The van der Waals surface area contributed by atoms with Gasteiger partial charge in [-0.1, -0.05) is 119 Å². The third-order valence-electron chi connectivity index (χ3n) is 7.35. The fourth-order valence-electron chi connectivity index (χ4n) is 5.64. The molecule has 0 N–H and O–H groups in total. The van der Waals surface area contributed by atoms with Gasteiger partial charge in [0.2, 0.25) is 0 Å². The Bertz CT molecular complexity index is 2140. The van der Waals surface area contributed by atoms with Gasteiger partial charge >= 0.3 is 0 Å². The maximum absolute atomic E-state index is 4.95. The summed E-state index contributed by atoms with van der Waals surface area (Å²) in [6.07, 6.45) is 5.21. The first-order valence-corrected chi connectivity index (χ1v) is 15.6. The van der Waals surface area contributed by atoms with Gasteiger partial charge in [-0.25, -0.2) is 0 Å². The van der Waals surface area contributed by atoms with E-state index in [9.17, 15) is 0 Å². The van der Waals surface area contributed by atoms with Crippen molar-refractivity contribution in [1.82, 2.24) is 9.97 Å². The minimum absolute atomic E-state index is 0.971. The molecule has 0 spiro atoms. The summed E-state index contributed by atoms with van der Waals surface area (Å²) in [7, 11) is 0. The van der Waals surface area contributed by atoms with E-state index in [1.807, 2.05) is 37.6 Å². The number of fused-ring (bicyclic) bond motifs is 9. The zero-order valence-electron chi connectivity index (χ0n) is 24.6. The zero-order chi connectivity index (χ0) is 29.1. The Morgan fingerprint density at radius 3 is 1.79 bits per heavy atom. The van der Waals surface area contributed by atoms with Crippen LogP contribution in [0.3, 0.4) is 0 Å². The average molecular weight is 563 g/mol. The van der Waals surface area contributed by atoms with E-state index in [1.54, 1.807) is 0 Å². The first kappa shape index (κ1) is 27.6. The molecule has 0 atom stereocenters. The molecule has 0 saturated heterocycles. The monoisotopic (exact) mass is 562 g/mol. The molecule has 206 valence electrons. The number of rotatable bonds is 2. The molecular weight excluding hydrogens is 529 g/mol.